The van der Waals surface area contributed by atoms with Gasteiger partial charge < -0.3 is 38.2 Å². The Morgan fingerprint density at radius 1 is 0.475 bits per heavy atom. The zero-order chi connectivity index (χ0) is 72.8. The molecule has 2 saturated heterocycles. The number of carbonyl (C=O) groups is 8. The Morgan fingerprint density at radius 2 is 0.960 bits per heavy atom. The molecule has 0 spiro atoms. The molecule has 10 aliphatic rings. The van der Waals surface area contributed by atoms with Crippen molar-refractivity contribution in [1.82, 2.24) is 33.6 Å². The number of oxazole rings is 1. The van der Waals surface area contributed by atoms with Crippen LogP contribution in [-0.4, -0.2) is 153 Å². The summed E-state index contributed by atoms with van der Waals surface area (Å²) in [5, 5.41) is 23.9. The van der Waals surface area contributed by atoms with Gasteiger partial charge in [-0.25, -0.2) is 33.7 Å². The Kier molecular flexibility index (Phi) is 20.3. The van der Waals surface area contributed by atoms with Gasteiger partial charge in [0.05, 0.1) is 67.7 Å². The van der Waals surface area contributed by atoms with Crippen molar-refractivity contribution in [3.63, 3.8) is 0 Å². The zero-order valence-electron chi connectivity index (χ0n) is 56.7. The number of benzene rings is 4. The number of ether oxygens (including phenoxy) is 1. The first-order valence-electron chi connectivity index (χ1n) is 31.7. The van der Waals surface area contributed by atoms with Gasteiger partial charge in [-0.15, -0.1) is 0 Å². The fourth-order valence-corrected chi connectivity index (χ4v) is 13.0. The molecule has 530 valence electrons. The van der Waals surface area contributed by atoms with Crippen LogP contribution >= 0.6 is 34.5 Å². The lowest BCUT2D eigenvalue weighted by Gasteiger charge is -2.40. The van der Waals surface area contributed by atoms with Gasteiger partial charge in [0, 0.05) is 61.2 Å². The van der Waals surface area contributed by atoms with E-state index in [9.17, 15) is 47.9 Å². The van der Waals surface area contributed by atoms with Crippen LogP contribution in [0.1, 0.15) is 162 Å². The molecule has 2 aromatic heterocycles. The second kappa shape index (κ2) is 28.6. The van der Waals surface area contributed by atoms with Crippen molar-refractivity contribution in [1.29, 1.82) is 0 Å². The third-order valence-electron chi connectivity index (χ3n) is 17.0. The summed E-state index contributed by atoms with van der Waals surface area (Å²) in [5.74, 6) is -2.46. The maximum atomic E-state index is 12.2. The number of rotatable bonds is 6. The first-order chi connectivity index (χ1) is 47.8. The number of nitrogens with zero attached hydrogens (tertiary/aromatic N) is 13. The highest BCUT2D eigenvalue weighted by Crippen LogP contribution is 2.35. The van der Waals surface area contributed by atoms with Gasteiger partial charge in [-0.2, -0.15) is 0 Å². The third kappa shape index (κ3) is 14.6. The Labute approximate surface area is 589 Å². The Balaban J connectivity index is 0.000000122. The average molecular weight is 1450 g/mol. The van der Waals surface area contributed by atoms with E-state index >= 15 is 0 Å². The van der Waals surface area contributed by atoms with Crippen molar-refractivity contribution >= 4 is 138 Å². The van der Waals surface area contributed by atoms with E-state index in [1.165, 1.54) is 36.8 Å². The normalized spacial score (nSPS) is 23.3. The molecule has 6 unspecified atom stereocenters. The molecular formula is C67H69Cl2N13O18S. The summed E-state index contributed by atoms with van der Waals surface area (Å²) < 4.78 is 14.0. The summed E-state index contributed by atoms with van der Waals surface area (Å²) in [7, 11) is 1.36. The van der Waals surface area contributed by atoms with Crippen molar-refractivity contribution in [3.05, 3.63) is 137 Å². The number of carbonyl (C=O) groups excluding carboxylic acids is 8. The lowest BCUT2D eigenvalue weighted by molar-refractivity contribution is -0.163. The fraction of sp³-hybridized carbons (Fsp3) is 0.403. The molecule has 31 nitrogen and oxygen atoms in total. The molecule has 16 rings (SSSR count). The number of aryl methyl sites for hydroxylation is 1. The maximum absolute atomic E-state index is 12.2. The van der Waals surface area contributed by atoms with E-state index in [0.717, 1.165) is 75.1 Å². The van der Waals surface area contributed by atoms with E-state index in [1.54, 1.807) is 79.6 Å². The van der Waals surface area contributed by atoms with Gasteiger partial charge in [-0.1, -0.05) is 95.3 Å². The van der Waals surface area contributed by atoms with Crippen LogP contribution in [-0.2, 0) is 54.7 Å². The summed E-state index contributed by atoms with van der Waals surface area (Å²) in [6.07, 6.45) is -0.461. The molecule has 34 heteroatoms. The van der Waals surface area contributed by atoms with E-state index in [0.29, 0.717) is 83.1 Å². The number of amides is 9. The number of imide groups is 4. The summed E-state index contributed by atoms with van der Waals surface area (Å²) in [6.45, 7) is 19.6. The number of fused-ring (bicyclic) bond motifs is 4. The molecule has 0 N–H and O–H groups in total. The highest BCUT2D eigenvalue weighted by Gasteiger charge is 2.54. The van der Waals surface area contributed by atoms with Gasteiger partial charge in [0.2, 0.25) is 49.2 Å². The molecule has 2 fully saturated rings. The number of hydrogen-bond acceptors (Lipinski definition) is 25. The standard InChI is InChI=1S/C13H12N2O3.C12H12N2O2.C11H9ClN2O3.C11H9ClN2O2S.C11H15N3O4.C9H12N2O4/c1-7-3-4-9-10(5-7)13(17)15(12(9)16)11-6-8(2)14-18-11;1-8-6-11(16-13-8)14-7-9-4-2-3-5-10(9)12(14)15;1-6-4-10(17-13-6)14-8-5-7(12)2-3-9(8)16-11(14)15;1-6-4-10(16-13-6)14-8-5-7(12)2-3-9(8)17-11(14)15;1-6-5-7(18-12-6)14-9(16)11(2,3)8(15)13(4)10(14)17;1-5-4-6(15-10-5)11-7(12)9(2,3)14-8(11)13/h3-5,11H,6H2,1-2H3;2-5,11H,6-7H2,1H3;2*2-3,5,10H,4H2,1H3;7H,5H2,1-4H3;6H,4H2,1-3H3. The molecule has 10 aliphatic heterocycles. The van der Waals surface area contributed by atoms with Gasteiger partial charge in [0.1, 0.15) is 5.41 Å². The molecule has 6 atom stereocenters. The second-order valence-corrected chi connectivity index (χ2v) is 27.7. The fourth-order valence-electron chi connectivity index (χ4n) is 11.8. The minimum Gasteiger partial charge on any atom is -0.433 e. The minimum atomic E-state index is -1.26. The molecule has 0 radical (unpaired) electrons. The molecular weight excluding hydrogens is 1380 g/mol. The molecule has 6 aromatic rings. The van der Waals surface area contributed by atoms with E-state index in [-0.39, 0.29) is 41.0 Å². The second-order valence-electron chi connectivity index (χ2n) is 25.9. The van der Waals surface area contributed by atoms with Crippen molar-refractivity contribution in [2.75, 3.05) is 7.05 Å². The van der Waals surface area contributed by atoms with Crippen LogP contribution in [0, 0.1) is 12.3 Å². The minimum absolute atomic E-state index is 0.0443. The van der Waals surface area contributed by atoms with E-state index in [4.69, 9.17) is 61.4 Å². The van der Waals surface area contributed by atoms with Gasteiger partial charge in [0.15, 0.2) is 11.2 Å². The van der Waals surface area contributed by atoms with Crippen LogP contribution in [0.5, 0.6) is 0 Å². The van der Waals surface area contributed by atoms with Crippen molar-refractivity contribution < 1.29 is 76.5 Å². The number of aromatic nitrogens is 2. The first-order valence-corrected chi connectivity index (χ1v) is 33.3. The van der Waals surface area contributed by atoms with Crippen molar-refractivity contribution in [2.24, 2.45) is 36.3 Å². The van der Waals surface area contributed by atoms with Crippen LogP contribution in [0.4, 0.5) is 9.59 Å². The largest absolute Gasteiger partial charge is 0.433 e. The van der Waals surface area contributed by atoms with E-state index in [1.807, 2.05) is 71.0 Å². The number of hydrogen-bond donors (Lipinski definition) is 0. The van der Waals surface area contributed by atoms with Crippen molar-refractivity contribution in [3.8, 4) is 0 Å². The number of halogens is 2. The van der Waals surface area contributed by atoms with Crippen LogP contribution in [0.2, 0.25) is 10.0 Å². The lowest BCUT2D eigenvalue weighted by atomic mass is 9.87. The van der Waals surface area contributed by atoms with E-state index in [2.05, 4.69) is 30.9 Å². The molecule has 12 heterocycles. The quantitative estimate of drug-likeness (QED) is 0.110. The van der Waals surface area contributed by atoms with Crippen LogP contribution in [0.3, 0.4) is 0 Å². The van der Waals surface area contributed by atoms with Crippen molar-refractivity contribution in [2.45, 2.75) is 164 Å². The Morgan fingerprint density at radius 3 is 1.49 bits per heavy atom. The molecule has 4 aromatic carbocycles. The maximum Gasteiger partial charge on any atom is 0.423 e. The van der Waals surface area contributed by atoms with Crippen LogP contribution in [0.15, 0.2) is 124 Å². The van der Waals surface area contributed by atoms with Crippen LogP contribution in [0.25, 0.3) is 21.3 Å². The monoisotopic (exact) mass is 1450 g/mol. The molecule has 0 aliphatic carbocycles. The summed E-state index contributed by atoms with van der Waals surface area (Å²) in [6, 6.07) is 22.7. The smallest absolute Gasteiger partial charge is 0.423 e. The zero-order valence-corrected chi connectivity index (χ0v) is 59.1. The van der Waals surface area contributed by atoms with Gasteiger partial charge in [0.25, 0.3) is 23.6 Å². The number of oxime groups is 6. The number of thiazole rings is 1. The Hall–Kier alpha value is -10.6. The molecule has 101 heavy (non-hydrogen) atoms. The summed E-state index contributed by atoms with van der Waals surface area (Å²) in [5.41, 5.74) is 8.19. The molecule has 9 amide bonds. The number of urea groups is 1. The highest BCUT2D eigenvalue weighted by molar-refractivity contribution is 7.16. The number of cyclic esters (lactones) is 1. The predicted molar refractivity (Wildman–Crippen MR) is 367 cm³/mol. The van der Waals surface area contributed by atoms with Gasteiger partial charge >= 0.3 is 22.8 Å². The SMILES string of the molecule is CC1=NOC(N2C(=O)N(C)C(=O)C(C)(C)C2=O)C1.CC1=NOC(N2C(=O)OC(C)(C)C2=O)C1.CC1=NOC(N2C(=O)c3ccc(C)cc3C2=O)C1.CC1=NOC(N2Cc3ccccc3C2=O)C1.CC1=NOC(n2c(=O)oc3ccc(Cl)cc32)C1.CC1=NOC(n2c(=O)sc3ccc(Cl)cc32)C1. The van der Waals surface area contributed by atoms with E-state index < -0.39 is 65.6 Å². The highest BCUT2D eigenvalue weighted by atomic mass is 35.5. The van der Waals surface area contributed by atoms with Gasteiger partial charge in [-0.3, -0.25) is 47.9 Å². The molecule has 0 bridgehead atoms. The summed E-state index contributed by atoms with van der Waals surface area (Å²) >= 11 is 13.1. The summed E-state index contributed by atoms with van der Waals surface area (Å²) in [4.78, 5) is 156. The predicted octanol–water partition coefficient (Wildman–Crippen LogP) is 10.5. The molecule has 0 saturated carbocycles. The van der Waals surface area contributed by atoms with Crippen LogP contribution < -0.4 is 10.6 Å². The topological polar surface area (TPSA) is 349 Å². The van der Waals surface area contributed by atoms with Gasteiger partial charge in [-0.05, 0) is 136 Å². The average Bonchev–Trinajstić information content (AvgIpc) is 1.75. The third-order valence-corrected chi connectivity index (χ3v) is 18.4. The Bertz CT molecular complexity index is 4640. The lowest BCUT2D eigenvalue weighted by Crippen LogP contribution is -2.64. The first kappa shape index (κ1) is 71.7. The number of barbiturate groups is 1.